The summed E-state index contributed by atoms with van der Waals surface area (Å²) in [4.78, 5) is 22.3. The van der Waals surface area contributed by atoms with Gasteiger partial charge in [0.25, 0.3) is 5.91 Å². The highest BCUT2D eigenvalue weighted by atomic mass is 79.9. The Balaban J connectivity index is 2.61. The average Bonchev–Trinajstić information content (AvgIpc) is 2.52. The quantitative estimate of drug-likeness (QED) is 0.707. The molecule has 100 valence electrons. The molecular weight excluding hydrogens is 390 g/mol. The number of nitrogens with one attached hydrogen (secondary N) is 1. The fourth-order valence-corrected chi connectivity index (χ4v) is 4.04. The van der Waals surface area contributed by atoms with Gasteiger partial charge in [-0.15, -0.1) is 11.3 Å². The van der Waals surface area contributed by atoms with Crippen LogP contribution in [0.3, 0.4) is 0 Å². The molecule has 1 rings (SSSR count). The van der Waals surface area contributed by atoms with Crippen LogP contribution in [0, 0.1) is 0 Å². The number of amides is 1. The fourth-order valence-electron chi connectivity index (χ4n) is 1.25. The monoisotopic (exact) mass is 399 g/mol. The number of hydrogen-bond donors (Lipinski definition) is 3. The van der Waals surface area contributed by atoms with E-state index in [0.29, 0.717) is 9.35 Å². The van der Waals surface area contributed by atoms with Crippen molar-refractivity contribution in [2.45, 2.75) is 18.9 Å². The standard InChI is InChI=1S/C10H11Br2NO4S/c1-10(17,3-7(14)15)4-13-9(16)5-2-6(11)18-8(5)12/h2,17H,3-4H2,1H3,(H,13,16)(H,14,15). The number of halogens is 2. The van der Waals surface area contributed by atoms with E-state index in [2.05, 4.69) is 37.2 Å². The molecule has 1 aromatic heterocycles. The average molecular weight is 401 g/mol. The van der Waals surface area contributed by atoms with Crippen molar-refractivity contribution in [2.75, 3.05) is 6.54 Å². The lowest BCUT2D eigenvalue weighted by Crippen LogP contribution is -2.42. The second-order valence-corrected chi connectivity index (χ2v) is 7.74. The largest absolute Gasteiger partial charge is 0.481 e. The fraction of sp³-hybridized carbons (Fsp3) is 0.400. The van der Waals surface area contributed by atoms with E-state index >= 15 is 0 Å². The van der Waals surface area contributed by atoms with Gasteiger partial charge >= 0.3 is 5.97 Å². The van der Waals surface area contributed by atoms with Crippen molar-refractivity contribution in [1.29, 1.82) is 0 Å². The number of thiophene rings is 1. The first-order valence-electron chi connectivity index (χ1n) is 4.88. The predicted octanol–water partition coefficient (Wildman–Crippen LogP) is 2.23. The number of aliphatic carboxylic acids is 1. The highest BCUT2D eigenvalue weighted by Gasteiger charge is 2.25. The molecule has 1 amide bonds. The third kappa shape index (κ3) is 4.68. The molecule has 1 atom stereocenters. The first-order chi connectivity index (χ1) is 8.21. The summed E-state index contributed by atoms with van der Waals surface area (Å²) in [5, 5.41) is 20.8. The number of carbonyl (C=O) groups excluding carboxylic acids is 1. The molecule has 3 N–H and O–H groups in total. The molecule has 0 aliphatic heterocycles. The Bertz CT molecular complexity index is 472. The van der Waals surface area contributed by atoms with E-state index in [0.717, 1.165) is 3.79 Å². The van der Waals surface area contributed by atoms with Crippen LogP contribution < -0.4 is 5.32 Å². The summed E-state index contributed by atoms with van der Waals surface area (Å²) < 4.78 is 1.47. The molecule has 0 saturated heterocycles. The molecule has 0 spiro atoms. The summed E-state index contributed by atoms with van der Waals surface area (Å²) in [5.41, 5.74) is -1.03. The first kappa shape index (κ1) is 15.6. The van der Waals surface area contributed by atoms with Crippen molar-refractivity contribution in [2.24, 2.45) is 0 Å². The molecule has 0 aliphatic rings. The Morgan fingerprint density at radius 1 is 1.50 bits per heavy atom. The van der Waals surface area contributed by atoms with Gasteiger partial charge in [-0.25, -0.2) is 0 Å². The Hall–Kier alpha value is -0.440. The molecule has 5 nitrogen and oxygen atoms in total. The highest BCUT2D eigenvalue weighted by molar-refractivity contribution is 9.12. The molecule has 0 radical (unpaired) electrons. The normalized spacial score (nSPS) is 14.0. The van der Waals surface area contributed by atoms with Crippen molar-refractivity contribution in [3.05, 3.63) is 19.2 Å². The smallest absolute Gasteiger partial charge is 0.306 e. The van der Waals surface area contributed by atoms with E-state index in [1.165, 1.54) is 18.3 Å². The number of hydrogen-bond acceptors (Lipinski definition) is 4. The summed E-state index contributed by atoms with van der Waals surface area (Å²) in [6.45, 7) is 1.23. The minimum absolute atomic E-state index is 0.127. The summed E-state index contributed by atoms with van der Waals surface area (Å²) in [5.74, 6) is -1.48. The molecule has 1 aromatic rings. The second-order valence-electron chi connectivity index (χ2n) is 3.99. The molecule has 8 heteroatoms. The van der Waals surface area contributed by atoms with Crippen LogP contribution >= 0.6 is 43.2 Å². The maximum absolute atomic E-state index is 11.8. The van der Waals surface area contributed by atoms with Gasteiger partial charge in [0.1, 0.15) is 0 Å². The number of carboxylic acids is 1. The van der Waals surface area contributed by atoms with Crippen molar-refractivity contribution >= 4 is 55.1 Å². The highest BCUT2D eigenvalue weighted by Crippen LogP contribution is 2.31. The third-order valence-electron chi connectivity index (χ3n) is 2.06. The van der Waals surface area contributed by atoms with Gasteiger partial charge in [0, 0.05) is 6.54 Å². The van der Waals surface area contributed by atoms with Crippen LogP contribution in [-0.2, 0) is 4.79 Å². The Morgan fingerprint density at radius 2 is 2.11 bits per heavy atom. The minimum atomic E-state index is -1.47. The Morgan fingerprint density at radius 3 is 2.56 bits per heavy atom. The van der Waals surface area contributed by atoms with E-state index in [1.807, 2.05) is 0 Å². The van der Waals surface area contributed by atoms with Crippen LogP contribution in [0.5, 0.6) is 0 Å². The number of carboxylic acid groups (broad SMARTS) is 1. The maximum atomic E-state index is 11.8. The predicted molar refractivity (Wildman–Crippen MR) is 74.9 cm³/mol. The molecular formula is C10H11Br2NO4S. The van der Waals surface area contributed by atoms with Crippen LogP contribution in [0.25, 0.3) is 0 Å². The van der Waals surface area contributed by atoms with Gasteiger partial charge in [0.2, 0.25) is 0 Å². The molecule has 1 unspecified atom stereocenters. The van der Waals surface area contributed by atoms with E-state index < -0.39 is 18.0 Å². The Kier molecular flexibility index (Phi) is 5.32. The van der Waals surface area contributed by atoms with Crippen molar-refractivity contribution in [1.82, 2.24) is 5.32 Å². The zero-order valence-corrected chi connectivity index (χ0v) is 13.4. The molecule has 0 bridgehead atoms. The van der Waals surface area contributed by atoms with Gasteiger partial charge < -0.3 is 15.5 Å². The lowest BCUT2D eigenvalue weighted by Gasteiger charge is -2.21. The van der Waals surface area contributed by atoms with Crippen molar-refractivity contribution < 1.29 is 19.8 Å². The maximum Gasteiger partial charge on any atom is 0.306 e. The minimum Gasteiger partial charge on any atom is -0.481 e. The van der Waals surface area contributed by atoms with E-state index in [1.54, 1.807) is 6.07 Å². The lowest BCUT2D eigenvalue weighted by molar-refractivity contribution is -0.141. The van der Waals surface area contributed by atoms with Crippen LogP contribution in [-0.4, -0.2) is 34.2 Å². The summed E-state index contributed by atoms with van der Waals surface area (Å²) in [7, 11) is 0. The molecule has 18 heavy (non-hydrogen) atoms. The molecule has 0 aliphatic carbocycles. The van der Waals surface area contributed by atoms with Gasteiger partial charge in [-0.1, -0.05) is 0 Å². The molecule has 1 heterocycles. The van der Waals surface area contributed by atoms with Crippen LogP contribution in [0.4, 0.5) is 0 Å². The Labute approximate surface area is 124 Å². The van der Waals surface area contributed by atoms with Crippen molar-refractivity contribution in [3.63, 3.8) is 0 Å². The third-order valence-corrected chi connectivity index (χ3v) is 4.40. The summed E-state index contributed by atoms with van der Waals surface area (Å²) >= 11 is 7.86. The van der Waals surface area contributed by atoms with Gasteiger partial charge in [-0.05, 0) is 44.8 Å². The lowest BCUT2D eigenvalue weighted by atomic mass is 10.0. The number of carbonyl (C=O) groups is 2. The van der Waals surface area contributed by atoms with E-state index in [4.69, 9.17) is 5.11 Å². The van der Waals surface area contributed by atoms with Crippen molar-refractivity contribution in [3.8, 4) is 0 Å². The number of rotatable bonds is 5. The molecule has 0 fully saturated rings. The molecule has 0 saturated carbocycles. The number of aliphatic hydroxyl groups is 1. The van der Waals surface area contributed by atoms with Crippen LogP contribution in [0.2, 0.25) is 0 Å². The van der Waals surface area contributed by atoms with Gasteiger partial charge in [0.05, 0.1) is 25.2 Å². The van der Waals surface area contributed by atoms with Crippen LogP contribution in [0.15, 0.2) is 13.6 Å². The zero-order chi connectivity index (χ0) is 13.9. The topological polar surface area (TPSA) is 86.6 Å². The zero-order valence-electron chi connectivity index (χ0n) is 9.37. The van der Waals surface area contributed by atoms with Crippen LogP contribution in [0.1, 0.15) is 23.7 Å². The van der Waals surface area contributed by atoms with Gasteiger partial charge in [0.15, 0.2) is 0 Å². The molecule has 0 aromatic carbocycles. The second kappa shape index (κ2) is 6.14. The first-order valence-corrected chi connectivity index (χ1v) is 7.29. The summed E-state index contributed by atoms with van der Waals surface area (Å²) in [6.07, 6.45) is -0.429. The van der Waals surface area contributed by atoms with E-state index in [-0.39, 0.29) is 12.5 Å². The van der Waals surface area contributed by atoms with E-state index in [9.17, 15) is 14.7 Å². The van der Waals surface area contributed by atoms with Gasteiger partial charge in [-0.2, -0.15) is 0 Å². The SMILES string of the molecule is CC(O)(CNC(=O)c1cc(Br)sc1Br)CC(=O)O. The summed E-state index contributed by atoms with van der Waals surface area (Å²) in [6, 6.07) is 1.65. The van der Waals surface area contributed by atoms with Gasteiger partial charge in [-0.3, -0.25) is 9.59 Å².